The molecule has 1 unspecified atom stereocenters. The van der Waals surface area contributed by atoms with Crippen LogP contribution in [0, 0.1) is 5.92 Å². The maximum Gasteiger partial charge on any atom is 0.234 e. The number of nitrogens with one attached hydrogen (secondary N) is 2. The number of piperidine rings is 2. The van der Waals surface area contributed by atoms with Crippen LogP contribution in [0.25, 0.3) is 0 Å². The third-order valence-electron chi connectivity index (χ3n) is 6.01. The lowest BCUT2D eigenvalue weighted by atomic mass is 9.90. The van der Waals surface area contributed by atoms with E-state index in [4.69, 9.17) is 0 Å². The Morgan fingerprint density at radius 3 is 2.54 bits per heavy atom. The van der Waals surface area contributed by atoms with Crippen molar-refractivity contribution >= 4 is 23.5 Å². The van der Waals surface area contributed by atoms with E-state index in [1.807, 2.05) is 17.0 Å². The summed E-state index contributed by atoms with van der Waals surface area (Å²) >= 11 is 0. The Bertz CT molecular complexity index is 754. The van der Waals surface area contributed by atoms with Crippen LogP contribution in [0.2, 0.25) is 0 Å². The molecule has 2 N–H and O–H groups in total. The van der Waals surface area contributed by atoms with Crippen LogP contribution < -0.4 is 15.5 Å². The number of pyridine rings is 1. The Labute approximate surface area is 164 Å². The number of hydrogen-bond acceptors (Lipinski definition) is 6. The molecule has 0 aromatic carbocycles. The van der Waals surface area contributed by atoms with Crippen LogP contribution in [0.1, 0.15) is 37.2 Å². The van der Waals surface area contributed by atoms with E-state index in [0.717, 1.165) is 63.5 Å². The zero-order chi connectivity index (χ0) is 19.5. The number of hydrogen-bond donors (Lipinski definition) is 2. The molecule has 0 saturated carbocycles. The molecule has 0 aliphatic carbocycles. The maximum absolute atomic E-state index is 12.7. The fourth-order valence-corrected chi connectivity index (χ4v) is 4.33. The summed E-state index contributed by atoms with van der Waals surface area (Å²) in [6.45, 7) is 4.93. The quantitative estimate of drug-likeness (QED) is 0.725. The summed E-state index contributed by atoms with van der Waals surface area (Å²) in [5, 5.41) is 5.70. The van der Waals surface area contributed by atoms with Gasteiger partial charge in [-0.05, 0) is 37.0 Å². The molecule has 0 bridgehead atoms. The monoisotopic (exact) mass is 385 g/mol. The van der Waals surface area contributed by atoms with Crippen LogP contribution in [0.5, 0.6) is 0 Å². The standard InChI is InChI=1S/C20H27N5O3/c26-18-2-1-16(19(27)23-18)15-3-6-22-17(13-15)24-9-4-14(5-10-24)20(28)25-11-7-21-8-12-25/h3,6,13-14,16,21H,1-2,4-5,7-12H2,(H,23,26,27). The Morgan fingerprint density at radius 2 is 1.82 bits per heavy atom. The van der Waals surface area contributed by atoms with Crippen molar-refractivity contribution in [3.05, 3.63) is 23.9 Å². The van der Waals surface area contributed by atoms with Crippen molar-refractivity contribution in [1.29, 1.82) is 0 Å². The number of carbonyl (C=O) groups is 3. The molecule has 0 radical (unpaired) electrons. The molecule has 1 atom stereocenters. The highest BCUT2D eigenvalue weighted by Crippen LogP contribution is 2.29. The molecule has 1 aromatic heterocycles. The smallest absolute Gasteiger partial charge is 0.234 e. The van der Waals surface area contributed by atoms with E-state index in [-0.39, 0.29) is 29.6 Å². The minimum atomic E-state index is -0.300. The van der Waals surface area contributed by atoms with Gasteiger partial charge in [-0.3, -0.25) is 19.7 Å². The second-order valence-electron chi connectivity index (χ2n) is 7.79. The van der Waals surface area contributed by atoms with Crippen LogP contribution in [0.15, 0.2) is 18.3 Å². The van der Waals surface area contributed by atoms with Crippen molar-refractivity contribution in [2.75, 3.05) is 44.2 Å². The Balaban J connectivity index is 1.37. The second-order valence-corrected chi connectivity index (χ2v) is 7.79. The van der Waals surface area contributed by atoms with Gasteiger partial charge in [-0.1, -0.05) is 0 Å². The summed E-state index contributed by atoms with van der Waals surface area (Å²) in [7, 11) is 0. The Kier molecular flexibility index (Phi) is 5.57. The molecule has 1 aromatic rings. The van der Waals surface area contributed by atoms with Crippen molar-refractivity contribution in [1.82, 2.24) is 20.5 Å². The molecule has 3 fully saturated rings. The van der Waals surface area contributed by atoms with Gasteiger partial charge in [0.2, 0.25) is 17.7 Å². The van der Waals surface area contributed by atoms with Gasteiger partial charge in [-0.25, -0.2) is 4.98 Å². The van der Waals surface area contributed by atoms with Gasteiger partial charge < -0.3 is 15.1 Å². The van der Waals surface area contributed by atoms with Crippen molar-refractivity contribution in [3.8, 4) is 0 Å². The molecular weight excluding hydrogens is 358 g/mol. The van der Waals surface area contributed by atoms with E-state index in [0.29, 0.717) is 12.8 Å². The number of carbonyl (C=O) groups excluding carboxylic acids is 3. The summed E-state index contributed by atoms with van der Waals surface area (Å²) in [5.41, 5.74) is 0.897. The summed E-state index contributed by atoms with van der Waals surface area (Å²) in [5.74, 6) is 0.487. The summed E-state index contributed by atoms with van der Waals surface area (Å²) in [6, 6.07) is 3.81. The fraction of sp³-hybridized carbons (Fsp3) is 0.600. The molecule has 3 aliphatic heterocycles. The lowest BCUT2D eigenvalue weighted by molar-refractivity contribution is -0.137. The minimum absolute atomic E-state index is 0.0904. The number of aromatic nitrogens is 1. The van der Waals surface area contributed by atoms with Crippen LogP contribution in [0.4, 0.5) is 5.82 Å². The molecule has 150 valence electrons. The highest BCUT2D eigenvalue weighted by Gasteiger charge is 2.31. The van der Waals surface area contributed by atoms with Crippen LogP contribution in [0.3, 0.4) is 0 Å². The molecule has 4 heterocycles. The van der Waals surface area contributed by atoms with E-state index >= 15 is 0 Å². The number of piperazine rings is 1. The van der Waals surface area contributed by atoms with Crippen LogP contribution in [-0.2, 0) is 14.4 Å². The normalized spacial score (nSPS) is 24.2. The lowest BCUT2D eigenvalue weighted by Crippen LogP contribution is -2.50. The minimum Gasteiger partial charge on any atom is -0.357 e. The van der Waals surface area contributed by atoms with E-state index in [1.165, 1.54) is 0 Å². The average Bonchev–Trinajstić information content (AvgIpc) is 2.74. The topological polar surface area (TPSA) is 94.6 Å². The largest absolute Gasteiger partial charge is 0.357 e. The molecule has 28 heavy (non-hydrogen) atoms. The predicted molar refractivity (Wildman–Crippen MR) is 104 cm³/mol. The van der Waals surface area contributed by atoms with Crippen LogP contribution in [-0.4, -0.2) is 66.9 Å². The molecular formula is C20H27N5O3. The van der Waals surface area contributed by atoms with E-state index in [2.05, 4.69) is 20.5 Å². The predicted octanol–water partition coefficient (Wildman–Crippen LogP) is 0.250. The first-order valence-corrected chi connectivity index (χ1v) is 10.2. The van der Waals surface area contributed by atoms with Gasteiger partial charge in [-0.15, -0.1) is 0 Å². The molecule has 8 heteroatoms. The molecule has 3 aliphatic rings. The number of amides is 3. The number of anilines is 1. The van der Waals surface area contributed by atoms with Gasteiger partial charge >= 0.3 is 0 Å². The van der Waals surface area contributed by atoms with Crippen molar-refractivity contribution in [2.24, 2.45) is 5.92 Å². The molecule has 3 saturated heterocycles. The Morgan fingerprint density at radius 1 is 1.07 bits per heavy atom. The van der Waals surface area contributed by atoms with Gasteiger partial charge in [-0.2, -0.15) is 0 Å². The summed E-state index contributed by atoms with van der Waals surface area (Å²) in [4.78, 5) is 44.9. The SMILES string of the molecule is O=C1CCC(c2ccnc(N3CCC(C(=O)N4CCNCC4)CC3)c2)C(=O)N1. The van der Waals surface area contributed by atoms with Gasteiger partial charge in [0.25, 0.3) is 0 Å². The lowest BCUT2D eigenvalue weighted by Gasteiger charge is -2.36. The third kappa shape index (κ3) is 4.01. The van der Waals surface area contributed by atoms with Crippen molar-refractivity contribution in [3.63, 3.8) is 0 Å². The molecule has 4 rings (SSSR count). The van der Waals surface area contributed by atoms with E-state index in [9.17, 15) is 14.4 Å². The average molecular weight is 385 g/mol. The first-order valence-electron chi connectivity index (χ1n) is 10.2. The number of rotatable bonds is 3. The summed E-state index contributed by atoms with van der Waals surface area (Å²) < 4.78 is 0. The molecule has 8 nitrogen and oxygen atoms in total. The second kappa shape index (κ2) is 8.26. The fourth-order valence-electron chi connectivity index (χ4n) is 4.33. The van der Waals surface area contributed by atoms with Gasteiger partial charge in [0, 0.05) is 57.8 Å². The zero-order valence-electron chi connectivity index (χ0n) is 16.0. The zero-order valence-corrected chi connectivity index (χ0v) is 16.0. The first kappa shape index (κ1) is 18.9. The highest BCUT2D eigenvalue weighted by molar-refractivity contribution is 6.01. The van der Waals surface area contributed by atoms with E-state index in [1.54, 1.807) is 6.20 Å². The van der Waals surface area contributed by atoms with Gasteiger partial charge in [0.15, 0.2) is 0 Å². The van der Waals surface area contributed by atoms with Crippen molar-refractivity contribution < 1.29 is 14.4 Å². The molecule has 0 spiro atoms. The Hall–Kier alpha value is -2.48. The summed E-state index contributed by atoms with van der Waals surface area (Å²) in [6.07, 6.45) is 4.29. The molecule has 3 amide bonds. The maximum atomic E-state index is 12.7. The third-order valence-corrected chi connectivity index (χ3v) is 6.01. The van der Waals surface area contributed by atoms with Crippen molar-refractivity contribution in [2.45, 2.75) is 31.6 Å². The van der Waals surface area contributed by atoms with E-state index < -0.39 is 0 Å². The van der Waals surface area contributed by atoms with Gasteiger partial charge in [0.1, 0.15) is 5.82 Å². The number of imide groups is 1. The number of nitrogens with zero attached hydrogens (tertiary/aromatic N) is 3. The highest BCUT2D eigenvalue weighted by atomic mass is 16.2. The van der Waals surface area contributed by atoms with Gasteiger partial charge in [0.05, 0.1) is 5.92 Å². The van der Waals surface area contributed by atoms with Crippen LogP contribution >= 0.6 is 0 Å². The first-order chi connectivity index (χ1) is 13.6.